The van der Waals surface area contributed by atoms with Crippen LogP contribution in [0.2, 0.25) is 0 Å². The molecule has 4 nitrogen and oxygen atoms in total. The van der Waals surface area contributed by atoms with Gasteiger partial charge in [0.15, 0.2) is 17.5 Å². The summed E-state index contributed by atoms with van der Waals surface area (Å²) in [5.41, 5.74) is 5.54. The molecule has 10 aromatic rings. The molecule has 51 heavy (non-hydrogen) atoms. The predicted octanol–water partition coefficient (Wildman–Crippen LogP) is 12.1. The Hall–Kier alpha value is -6.43. The van der Waals surface area contributed by atoms with Gasteiger partial charge in [0.1, 0.15) is 0 Å². The summed E-state index contributed by atoms with van der Waals surface area (Å²) >= 11 is 0.978. The summed E-state index contributed by atoms with van der Waals surface area (Å²) in [4.78, 5) is 15.0. The molecule has 3 aromatic heterocycles. The molecule has 0 N–H and O–H groups in total. The molecular formula is C46H30N4S. The van der Waals surface area contributed by atoms with Crippen LogP contribution in [0.4, 0.5) is 0 Å². The van der Waals surface area contributed by atoms with Crippen LogP contribution >= 0.6 is 11.3 Å². The Bertz CT molecular complexity index is 3360. The van der Waals surface area contributed by atoms with Crippen LogP contribution in [-0.2, 0) is 6.54 Å². The summed E-state index contributed by atoms with van der Waals surface area (Å²) in [5, 5.41) is 0.461. The lowest BCUT2D eigenvalue weighted by Crippen LogP contribution is -2.08. The highest BCUT2D eigenvalue weighted by molar-refractivity contribution is 7.26. The van der Waals surface area contributed by atoms with Gasteiger partial charge in [-0.3, -0.25) is 0 Å². The second-order valence-corrected chi connectivity index (χ2v) is 13.1. The number of hydrogen-bond acceptors (Lipinski definition) is 4. The van der Waals surface area contributed by atoms with Crippen molar-refractivity contribution in [2.75, 3.05) is 0 Å². The predicted molar refractivity (Wildman–Crippen MR) is 213 cm³/mol. The second-order valence-electron chi connectivity index (χ2n) is 12.1. The minimum Gasteiger partial charge on any atom is -0.332 e. The van der Waals surface area contributed by atoms with Crippen LogP contribution in [0.1, 0.15) is 19.5 Å². The van der Waals surface area contributed by atoms with Crippen LogP contribution in [-0.4, -0.2) is 19.5 Å². The normalized spacial score (nSPS) is 14.4. The van der Waals surface area contributed by atoms with Crippen molar-refractivity contribution < 1.29 is 13.7 Å². The van der Waals surface area contributed by atoms with Crippen molar-refractivity contribution in [1.82, 2.24) is 19.5 Å². The fraction of sp³-hybridized carbons (Fsp3) is 0.0217. The number of para-hydroxylation sites is 1. The fourth-order valence-electron chi connectivity index (χ4n) is 6.67. The fourth-order valence-corrected chi connectivity index (χ4v) is 7.64. The zero-order valence-electron chi connectivity index (χ0n) is 36.8. The number of aromatic nitrogens is 4. The van der Waals surface area contributed by atoms with Crippen LogP contribution in [0.25, 0.3) is 87.0 Å². The average Bonchev–Trinajstić information content (AvgIpc) is 3.86. The largest absolute Gasteiger partial charge is 0.332 e. The monoisotopic (exact) mass is 680 g/mol. The standard InChI is InChI=1S/C46H30N4S/c1-3-13-30(14-4-1)32-17-11-19-34(27-32)45-47-42(48-46(49-45)35-20-12-18-33(28-35)31-15-5-2-6-16-31)29-50-39-23-9-7-21-36(39)37-25-26-41-43(44(37)50)38-22-8-10-24-40(38)51-41/h1-28H,29H2/i7D,8D,9D,10D,21D,22D,23D,24D,25D,26D. The molecule has 0 saturated heterocycles. The Labute approximate surface area is 313 Å². The number of rotatable bonds is 6. The number of benzene rings is 7. The maximum absolute atomic E-state index is 9.32. The van der Waals surface area contributed by atoms with E-state index in [0.29, 0.717) is 22.8 Å². The molecule has 10 rings (SSSR count). The summed E-state index contributed by atoms with van der Waals surface area (Å²) in [6.45, 7) is -0.198. The molecule has 0 unspecified atom stereocenters. The van der Waals surface area contributed by atoms with Crippen molar-refractivity contribution >= 4 is 53.3 Å². The smallest absolute Gasteiger partial charge is 0.163 e. The van der Waals surface area contributed by atoms with Gasteiger partial charge in [-0.25, -0.2) is 15.0 Å². The van der Waals surface area contributed by atoms with Crippen molar-refractivity contribution in [2.24, 2.45) is 0 Å². The first-order chi connectivity index (χ1) is 29.4. The van der Waals surface area contributed by atoms with E-state index in [4.69, 9.17) is 25.9 Å². The third-order valence-electron chi connectivity index (χ3n) is 9.00. The highest BCUT2D eigenvalue weighted by Crippen LogP contribution is 2.42. The molecule has 0 atom stereocenters. The Kier molecular flexibility index (Phi) is 4.99. The van der Waals surface area contributed by atoms with E-state index in [0.717, 1.165) is 33.6 Å². The van der Waals surface area contributed by atoms with Crippen LogP contribution in [0.15, 0.2) is 170 Å². The Morgan fingerprint density at radius 1 is 0.490 bits per heavy atom. The van der Waals surface area contributed by atoms with E-state index in [1.165, 1.54) is 0 Å². The Morgan fingerprint density at radius 2 is 1.06 bits per heavy atom. The van der Waals surface area contributed by atoms with Crippen molar-refractivity contribution in [2.45, 2.75) is 6.54 Å². The highest BCUT2D eigenvalue weighted by atomic mass is 32.1. The van der Waals surface area contributed by atoms with Gasteiger partial charge in [0, 0.05) is 47.6 Å². The van der Waals surface area contributed by atoms with Crippen LogP contribution in [0, 0.1) is 0 Å². The van der Waals surface area contributed by atoms with E-state index in [1.807, 2.05) is 109 Å². The van der Waals surface area contributed by atoms with E-state index in [9.17, 15) is 2.74 Å². The van der Waals surface area contributed by atoms with Crippen molar-refractivity contribution in [3.8, 4) is 45.0 Å². The lowest BCUT2D eigenvalue weighted by Gasteiger charge is -2.12. The summed E-state index contributed by atoms with van der Waals surface area (Å²) < 4.78 is 91.0. The van der Waals surface area contributed by atoms with Crippen LogP contribution in [0.5, 0.6) is 0 Å². The molecule has 5 heteroatoms. The average molecular weight is 681 g/mol. The molecule has 0 fully saturated rings. The van der Waals surface area contributed by atoms with E-state index >= 15 is 0 Å². The number of hydrogen-bond donors (Lipinski definition) is 0. The molecule has 0 radical (unpaired) electrons. The molecule has 7 aromatic carbocycles. The molecular weight excluding hydrogens is 641 g/mol. The quantitative estimate of drug-likeness (QED) is 0.176. The lowest BCUT2D eigenvalue weighted by molar-refractivity contribution is 0.787. The minimum atomic E-state index is -0.513. The van der Waals surface area contributed by atoms with Gasteiger partial charge in [-0.15, -0.1) is 11.3 Å². The molecule has 0 aliphatic heterocycles. The zero-order valence-corrected chi connectivity index (χ0v) is 27.6. The third kappa shape index (κ3) is 5.18. The molecule has 0 aliphatic rings. The van der Waals surface area contributed by atoms with Gasteiger partial charge >= 0.3 is 0 Å². The first-order valence-electron chi connectivity index (χ1n) is 21.3. The van der Waals surface area contributed by atoms with Gasteiger partial charge in [-0.2, -0.15) is 0 Å². The van der Waals surface area contributed by atoms with Crippen molar-refractivity contribution in [3.63, 3.8) is 0 Å². The summed E-state index contributed by atoms with van der Waals surface area (Å²) in [7, 11) is 0. The van der Waals surface area contributed by atoms with E-state index < -0.39 is 30.2 Å². The Morgan fingerprint density at radius 3 is 1.73 bits per heavy atom. The molecule has 0 spiro atoms. The molecule has 0 amide bonds. The zero-order chi connectivity index (χ0) is 42.4. The topological polar surface area (TPSA) is 43.6 Å². The van der Waals surface area contributed by atoms with Crippen LogP contribution < -0.4 is 0 Å². The van der Waals surface area contributed by atoms with Crippen LogP contribution in [0.3, 0.4) is 0 Å². The van der Waals surface area contributed by atoms with E-state index in [-0.39, 0.29) is 84.6 Å². The van der Waals surface area contributed by atoms with Gasteiger partial charge in [0.2, 0.25) is 0 Å². The van der Waals surface area contributed by atoms with Gasteiger partial charge < -0.3 is 4.57 Å². The van der Waals surface area contributed by atoms with Gasteiger partial charge in [-0.1, -0.05) is 139 Å². The first kappa shape index (κ1) is 20.9. The number of thiophene rings is 1. The third-order valence-corrected chi connectivity index (χ3v) is 10.0. The maximum atomic E-state index is 9.32. The summed E-state index contributed by atoms with van der Waals surface area (Å²) in [5.74, 6) is 0.915. The van der Waals surface area contributed by atoms with Gasteiger partial charge in [0.25, 0.3) is 0 Å². The molecule has 0 bridgehead atoms. The van der Waals surface area contributed by atoms with Crippen molar-refractivity contribution in [3.05, 3.63) is 175 Å². The molecule has 0 saturated carbocycles. The SMILES string of the molecule is [2H]c1c([2H])c([2H])c2c(sc3c([2H])c([2H])c4c5c([2H])c([2H])c([2H])c([2H])c5n(Cc5nc(-c6cccc(-c7ccccc7)c6)nc(-c6cccc(-c7ccccc7)c6)n5)c4c32)c1[2H]. The maximum Gasteiger partial charge on any atom is 0.163 e. The lowest BCUT2D eigenvalue weighted by atomic mass is 10.0. The Balaban J connectivity index is 1.30. The molecule has 3 heterocycles. The second kappa shape index (κ2) is 12.2. The molecule has 0 aliphatic carbocycles. The van der Waals surface area contributed by atoms with E-state index in [1.54, 1.807) is 4.57 Å². The number of nitrogens with zero attached hydrogens (tertiary/aromatic N) is 4. The van der Waals surface area contributed by atoms with Gasteiger partial charge in [-0.05, 0) is 52.5 Å². The summed E-state index contributed by atoms with van der Waals surface area (Å²) in [6.07, 6.45) is 0. The van der Waals surface area contributed by atoms with Gasteiger partial charge in [0.05, 0.1) is 25.8 Å². The van der Waals surface area contributed by atoms with E-state index in [2.05, 4.69) is 0 Å². The summed E-state index contributed by atoms with van der Waals surface area (Å²) in [6, 6.07) is 31.6. The van der Waals surface area contributed by atoms with Crippen molar-refractivity contribution in [1.29, 1.82) is 0 Å². The molecule has 240 valence electrons. The highest BCUT2D eigenvalue weighted by Gasteiger charge is 2.19. The first-order valence-corrected chi connectivity index (χ1v) is 17.1. The minimum absolute atomic E-state index is 0.0159. The number of fused-ring (bicyclic) bond motifs is 7.